The number of hydrogen-bond acceptors (Lipinski definition) is 4. The Morgan fingerprint density at radius 3 is 2.13 bits per heavy atom. The van der Waals surface area contributed by atoms with Gasteiger partial charge in [-0.2, -0.15) is 0 Å². The van der Waals surface area contributed by atoms with Crippen molar-refractivity contribution in [3.8, 4) is 0 Å². The van der Waals surface area contributed by atoms with Gasteiger partial charge in [0.25, 0.3) is 0 Å². The van der Waals surface area contributed by atoms with E-state index in [1.807, 2.05) is 0 Å². The second kappa shape index (κ2) is 7.85. The first-order valence-electron chi connectivity index (χ1n) is 9.63. The molecule has 2 rings (SSSR count). The second-order valence-electron chi connectivity index (χ2n) is 8.89. The Kier molecular flexibility index (Phi) is 6.16. The van der Waals surface area contributed by atoms with Gasteiger partial charge < -0.3 is 14.7 Å². The Labute approximate surface area is 174 Å². The first kappa shape index (κ1) is 23.6. The quantitative estimate of drug-likeness (QED) is 0.746. The summed E-state index contributed by atoms with van der Waals surface area (Å²) < 4.78 is 33.4. The summed E-state index contributed by atoms with van der Waals surface area (Å²) in [5, 5.41) is 9.81. The Balaban J connectivity index is 2.85. The zero-order valence-corrected chi connectivity index (χ0v) is 18.1. The van der Waals surface area contributed by atoms with Crippen LogP contribution in [0.4, 0.5) is 13.6 Å². The van der Waals surface area contributed by atoms with Crippen molar-refractivity contribution in [3.63, 3.8) is 0 Å². The number of rotatable bonds is 4. The predicted molar refractivity (Wildman–Crippen MR) is 105 cm³/mol. The molecule has 1 aromatic rings. The van der Waals surface area contributed by atoms with Gasteiger partial charge in [-0.05, 0) is 43.9 Å². The zero-order valence-electron chi connectivity index (χ0n) is 18.1. The van der Waals surface area contributed by atoms with E-state index in [2.05, 4.69) is 0 Å². The highest BCUT2D eigenvalue weighted by atomic mass is 19.1. The van der Waals surface area contributed by atoms with Gasteiger partial charge in [-0.3, -0.25) is 14.5 Å². The van der Waals surface area contributed by atoms with Gasteiger partial charge in [0.2, 0.25) is 5.91 Å². The zero-order chi connectivity index (χ0) is 23.1. The standard InChI is InChI=1S/C21H28F2N2O5/c1-7-30-16(26)11-24-17(27)20(5,6)25(18(28)29)12-21(24,19(2,3)4)13-8-14(22)10-15(23)9-13/h8-10H,7,11-12H2,1-6H3,(H,28,29)/t21-/m0/s1. The summed E-state index contributed by atoms with van der Waals surface area (Å²) in [7, 11) is 0. The summed E-state index contributed by atoms with van der Waals surface area (Å²) in [6, 6.07) is 2.83. The van der Waals surface area contributed by atoms with Crippen LogP contribution in [0, 0.1) is 17.0 Å². The molecule has 1 saturated heterocycles. The van der Waals surface area contributed by atoms with Crippen molar-refractivity contribution in [2.24, 2.45) is 5.41 Å². The minimum absolute atomic E-state index is 0.0619. The molecule has 9 heteroatoms. The lowest BCUT2D eigenvalue weighted by Gasteiger charge is -2.60. The first-order valence-corrected chi connectivity index (χ1v) is 9.63. The van der Waals surface area contributed by atoms with Crippen LogP contribution in [0.3, 0.4) is 0 Å². The van der Waals surface area contributed by atoms with Crippen LogP contribution in [-0.2, 0) is 19.9 Å². The van der Waals surface area contributed by atoms with Crippen LogP contribution in [-0.4, -0.2) is 58.1 Å². The summed E-state index contributed by atoms with van der Waals surface area (Å²) >= 11 is 0. The molecular formula is C21H28F2N2O5. The fourth-order valence-electron chi connectivity index (χ4n) is 4.09. The van der Waals surface area contributed by atoms with Crippen molar-refractivity contribution in [2.45, 2.75) is 52.6 Å². The molecule has 1 heterocycles. The topological polar surface area (TPSA) is 87.2 Å². The van der Waals surface area contributed by atoms with Crippen molar-refractivity contribution in [2.75, 3.05) is 19.7 Å². The number of carbonyl (C=O) groups excluding carboxylic acids is 2. The summed E-state index contributed by atoms with van der Waals surface area (Å²) in [4.78, 5) is 40.1. The van der Waals surface area contributed by atoms with Crippen LogP contribution in [0.2, 0.25) is 0 Å². The van der Waals surface area contributed by atoms with Crippen molar-refractivity contribution in [3.05, 3.63) is 35.4 Å². The van der Waals surface area contributed by atoms with Crippen LogP contribution in [0.5, 0.6) is 0 Å². The maximum absolute atomic E-state index is 14.2. The Hall–Kier alpha value is -2.71. The minimum Gasteiger partial charge on any atom is -0.465 e. The number of halogens is 2. The van der Waals surface area contributed by atoms with Gasteiger partial charge >= 0.3 is 12.1 Å². The Morgan fingerprint density at radius 1 is 1.17 bits per heavy atom. The molecule has 1 aromatic carbocycles. The van der Waals surface area contributed by atoms with E-state index >= 15 is 0 Å². The second-order valence-corrected chi connectivity index (χ2v) is 8.89. The highest BCUT2D eigenvalue weighted by molar-refractivity contribution is 5.93. The van der Waals surface area contributed by atoms with Gasteiger partial charge in [-0.25, -0.2) is 13.6 Å². The number of esters is 1. The molecule has 0 spiro atoms. The van der Waals surface area contributed by atoms with Gasteiger partial charge in [0, 0.05) is 6.07 Å². The Morgan fingerprint density at radius 2 is 1.70 bits per heavy atom. The maximum Gasteiger partial charge on any atom is 0.408 e. The smallest absolute Gasteiger partial charge is 0.408 e. The fourth-order valence-corrected chi connectivity index (χ4v) is 4.09. The SMILES string of the molecule is CCOC(=O)CN1C(=O)C(C)(C)N(C(=O)O)C[C@]1(c1cc(F)cc(F)c1)C(C)(C)C. The molecule has 1 N–H and O–H groups in total. The lowest BCUT2D eigenvalue weighted by molar-refractivity contribution is -0.177. The number of benzene rings is 1. The van der Waals surface area contributed by atoms with Crippen molar-refractivity contribution >= 4 is 18.0 Å². The highest BCUT2D eigenvalue weighted by Gasteiger charge is 2.61. The van der Waals surface area contributed by atoms with Crippen molar-refractivity contribution < 1.29 is 33.0 Å². The number of carbonyl (C=O) groups is 3. The van der Waals surface area contributed by atoms with E-state index in [1.54, 1.807) is 27.7 Å². The van der Waals surface area contributed by atoms with Crippen LogP contribution in [0.25, 0.3) is 0 Å². The highest BCUT2D eigenvalue weighted by Crippen LogP contribution is 2.50. The molecule has 1 fully saturated rings. The number of ether oxygens (including phenoxy) is 1. The molecule has 1 aliphatic rings. The normalized spacial score (nSPS) is 21.5. The molecule has 0 unspecified atom stereocenters. The molecule has 2 amide bonds. The van der Waals surface area contributed by atoms with Crippen LogP contribution < -0.4 is 0 Å². The average molecular weight is 426 g/mol. The van der Waals surface area contributed by atoms with E-state index in [1.165, 1.54) is 18.7 Å². The molecule has 1 atom stereocenters. The summed E-state index contributed by atoms with van der Waals surface area (Å²) in [6.07, 6.45) is -1.35. The minimum atomic E-state index is -1.53. The number of piperazine rings is 1. The molecule has 1 aliphatic heterocycles. The van der Waals surface area contributed by atoms with Gasteiger partial charge in [0.1, 0.15) is 23.7 Å². The molecule has 0 aromatic heterocycles. The van der Waals surface area contributed by atoms with E-state index in [0.29, 0.717) is 6.07 Å². The summed E-state index contributed by atoms with van der Waals surface area (Å²) in [5.74, 6) is -3.10. The van der Waals surface area contributed by atoms with Gasteiger partial charge in [0.15, 0.2) is 0 Å². The number of carboxylic acid groups (broad SMARTS) is 1. The van der Waals surface area contributed by atoms with Gasteiger partial charge in [-0.15, -0.1) is 0 Å². The number of amides is 2. The third-order valence-corrected chi connectivity index (χ3v) is 5.70. The largest absolute Gasteiger partial charge is 0.465 e. The molecule has 7 nitrogen and oxygen atoms in total. The van der Waals surface area contributed by atoms with Crippen LogP contribution in [0.1, 0.15) is 47.1 Å². The third-order valence-electron chi connectivity index (χ3n) is 5.70. The van der Waals surface area contributed by atoms with Crippen molar-refractivity contribution in [1.29, 1.82) is 0 Å². The third kappa shape index (κ3) is 3.85. The maximum atomic E-state index is 14.2. The molecule has 0 bridgehead atoms. The molecule has 30 heavy (non-hydrogen) atoms. The van der Waals surface area contributed by atoms with E-state index < -0.39 is 52.6 Å². The van der Waals surface area contributed by atoms with Crippen LogP contribution >= 0.6 is 0 Å². The molecule has 0 aliphatic carbocycles. The predicted octanol–water partition coefficient (Wildman–Crippen LogP) is 3.37. The summed E-state index contributed by atoms with van der Waals surface area (Å²) in [5.41, 5.74) is -3.89. The summed E-state index contributed by atoms with van der Waals surface area (Å²) in [6.45, 7) is 8.96. The lowest BCUT2D eigenvalue weighted by Crippen LogP contribution is -2.75. The molecule has 0 radical (unpaired) electrons. The molecule has 166 valence electrons. The van der Waals surface area contributed by atoms with E-state index in [-0.39, 0.29) is 18.7 Å². The fraction of sp³-hybridized carbons (Fsp3) is 0.571. The Bertz CT molecular complexity index is 845. The van der Waals surface area contributed by atoms with Crippen molar-refractivity contribution in [1.82, 2.24) is 9.80 Å². The average Bonchev–Trinajstić information content (AvgIpc) is 2.57. The van der Waals surface area contributed by atoms with Gasteiger partial charge in [-0.1, -0.05) is 20.8 Å². The van der Waals surface area contributed by atoms with E-state index in [0.717, 1.165) is 17.0 Å². The van der Waals surface area contributed by atoms with Gasteiger partial charge in [0.05, 0.1) is 18.7 Å². The first-order chi connectivity index (χ1) is 13.7. The number of hydrogen-bond donors (Lipinski definition) is 1. The van der Waals surface area contributed by atoms with E-state index in [4.69, 9.17) is 4.74 Å². The van der Waals surface area contributed by atoms with E-state index in [9.17, 15) is 28.3 Å². The molecular weight excluding hydrogens is 398 g/mol. The van der Waals surface area contributed by atoms with Crippen LogP contribution in [0.15, 0.2) is 18.2 Å². The lowest BCUT2D eigenvalue weighted by atomic mass is 9.65. The molecule has 0 saturated carbocycles. The monoisotopic (exact) mass is 426 g/mol. The number of nitrogens with zero attached hydrogens (tertiary/aromatic N) is 2.